The van der Waals surface area contributed by atoms with Gasteiger partial charge in [-0.15, -0.1) is 0 Å². The van der Waals surface area contributed by atoms with Crippen molar-refractivity contribution in [2.24, 2.45) is 0 Å². The van der Waals surface area contributed by atoms with Crippen LogP contribution in [0.5, 0.6) is 5.75 Å². The normalized spacial score (nSPS) is 19.3. The third kappa shape index (κ3) is 3.06. The number of benzene rings is 1. The van der Waals surface area contributed by atoms with E-state index in [1.54, 1.807) is 36.3 Å². The second kappa shape index (κ2) is 6.40. The molecule has 0 aromatic heterocycles. The molecular weight excluding hydrogens is 296 g/mol. The zero-order chi connectivity index (χ0) is 16.4. The van der Waals surface area contributed by atoms with Crippen LogP contribution in [-0.2, 0) is 9.59 Å². The summed E-state index contributed by atoms with van der Waals surface area (Å²) >= 11 is 0. The van der Waals surface area contributed by atoms with Crippen LogP contribution >= 0.6 is 0 Å². The molecule has 0 unspecified atom stereocenters. The molecule has 23 heavy (non-hydrogen) atoms. The smallest absolute Gasteiger partial charge is 0.253 e. The van der Waals surface area contributed by atoms with Crippen molar-refractivity contribution in [3.63, 3.8) is 0 Å². The highest BCUT2D eigenvalue weighted by atomic mass is 16.5. The van der Waals surface area contributed by atoms with Crippen LogP contribution in [0.15, 0.2) is 24.3 Å². The Balaban J connectivity index is 1.60. The van der Waals surface area contributed by atoms with Gasteiger partial charge < -0.3 is 9.64 Å². The molecule has 3 rings (SSSR count). The van der Waals surface area contributed by atoms with Crippen molar-refractivity contribution >= 4 is 17.7 Å². The Morgan fingerprint density at radius 2 is 1.61 bits per heavy atom. The third-order valence-electron chi connectivity index (χ3n) is 4.54. The van der Waals surface area contributed by atoms with Crippen molar-refractivity contribution in [3.8, 4) is 5.75 Å². The molecule has 2 aliphatic heterocycles. The Kier molecular flexibility index (Phi) is 4.32. The summed E-state index contributed by atoms with van der Waals surface area (Å²) in [5.41, 5.74) is 0.623. The fourth-order valence-corrected chi connectivity index (χ4v) is 3.24. The summed E-state index contributed by atoms with van der Waals surface area (Å²) in [6.07, 6.45) is 1.95. The number of ether oxygens (including phenoxy) is 1. The van der Waals surface area contributed by atoms with E-state index in [0.29, 0.717) is 50.1 Å². The molecule has 2 saturated heterocycles. The summed E-state index contributed by atoms with van der Waals surface area (Å²) in [4.78, 5) is 39.3. The largest absolute Gasteiger partial charge is 0.497 e. The number of likely N-dealkylation sites (tertiary alicyclic amines) is 2. The lowest BCUT2D eigenvalue weighted by Crippen LogP contribution is -2.48. The van der Waals surface area contributed by atoms with Crippen molar-refractivity contribution in [1.82, 2.24) is 9.80 Å². The standard InChI is InChI=1S/C17H20N2O4/c1-23-14-4-2-12(3-5-14)17(22)18-10-8-13(9-11-18)19-15(20)6-7-16(19)21/h2-5,13H,6-11H2,1H3. The molecular formula is C17H20N2O4. The minimum atomic E-state index is -0.0741. The summed E-state index contributed by atoms with van der Waals surface area (Å²) < 4.78 is 5.09. The van der Waals surface area contributed by atoms with E-state index in [1.807, 2.05) is 0 Å². The average molecular weight is 316 g/mol. The molecule has 0 saturated carbocycles. The number of imide groups is 1. The Morgan fingerprint density at radius 3 is 2.13 bits per heavy atom. The van der Waals surface area contributed by atoms with Crippen molar-refractivity contribution in [1.29, 1.82) is 0 Å². The fraction of sp³-hybridized carbons (Fsp3) is 0.471. The van der Waals surface area contributed by atoms with E-state index in [4.69, 9.17) is 4.74 Å². The van der Waals surface area contributed by atoms with Gasteiger partial charge in [-0.3, -0.25) is 19.3 Å². The predicted molar refractivity (Wildman–Crippen MR) is 83.0 cm³/mol. The first-order chi connectivity index (χ1) is 11.1. The van der Waals surface area contributed by atoms with Gasteiger partial charge in [0, 0.05) is 37.5 Å². The van der Waals surface area contributed by atoms with Crippen molar-refractivity contribution in [3.05, 3.63) is 29.8 Å². The molecule has 3 amide bonds. The van der Waals surface area contributed by atoms with Gasteiger partial charge in [-0.05, 0) is 37.1 Å². The number of carbonyl (C=O) groups is 3. The molecule has 0 radical (unpaired) electrons. The van der Waals surface area contributed by atoms with Crippen LogP contribution in [0.3, 0.4) is 0 Å². The molecule has 1 aromatic carbocycles. The SMILES string of the molecule is COc1ccc(C(=O)N2CCC(N3C(=O)CCC3=O)CC2)cc1. The molecule has 2 heterocycles. The second-order valence-electron chi connectivity index (χ2n) is 5.91. The first kappa shape index (κ1) is 15.5. The average Bonchev–Trinajstić information content (AvgIpc) is 2.93. The number of amides is 3. The fourth-order valence-electron chi connectivity index (χ4n) is 3.24. The second-order valence-corrected chi connectivity index (χ2v) is 5.91. The molecule has 2 aliphatic rings. The molecule has 6 nitrogen and oxygen atoms in total. The quantitative estimate of drug-likeness (QED) is 0.792. The molecule has 1 aromatic rings. The van der Waals surface area contributed by atoms with Gasteiger partial charge in [0.1, 0.15) is 5.75 Å². The molecule has 0 N–H and O–H groups in total. The number of nitrogens with zero attached hydrogens (tertiary/aromatic N) is 2. The van der Waals surface area contributed by atoms with Gasteiger partial charge in [-0.2, -0.15) is 0 Å². The molecule has 6 heteroatoms. The number of hydrogen-bond donors (Lipinski definition) is 0. The van der Waals surface area contributed by atoms with Gasteiger partial charge in [0.05, 0.1) is 7.11 Å². The highest BCUT2D eigenvalue weighted by Gasteiger charge is 2.37. The maximum Gasteiger partial charge on any atom is 0.253 e. The van der Waals surface area contributed by atoms with Crippen LogP contribution in [0, 0.1) is 0 Å². The lowest BCUT2D eigenvalue weighted by atomic mass is 10.0. The molecule has 2 fully saturated rings. The highest BCUT2D eigenvalue weighted by molar-refractivity contribution is 6.02. The van der Waals surface area contributed by atoms with Crippen molar-refractivity contribution < 1.29 is 19.1 Å². The Labute approximate surface area is 135 Å². The van der Waals surface area contributed by atoms with Gasteiger partial charge >= 0.3 is 0 Å². The van der Waals surface area contributed by atoms with E-state index in [2.05, 4.69) is 0 Å². The minimum Gasteiger partial charge on any atom is -0.497 e. The maximum absolute atomic E-state index is 12.5. The van der Waals surface area contributed by atoms with Crippen LogP contribution in [0.25, 0.3) is 0 Å². The summed E-state index contributed by atoms with van der Waals surface area (Å²) in [5, 5.41) is 0. The topological polar surface area (TPSA) is 66.9 Å². The number of methoxy groups -OCH3 is 1. The zero-order valence-electron chi connectivity index (χ0n) is 13.2. The van der Waals surface area contributed by atoms with Crippen LogP contribution in [0.1, 0.15) is 36.0 Å². The number of piperidine rings is 1. The number of hydrogen-bond acceptors (Lipinski definition) is 4. The first-order valence-electron chi connectivity index (χ1n) is 7.88. The van der Waals surface area contributed by atoms with Gasteiger partial charge in [0.15, 0.2) is 0 Å². The van der Waals surface area contributed by atoms with Gasteiger partial charge in [0.2, 0.25) is 11.8 Å². The van der Waals surface area contributed by atoms with Crippen LogP contribution in [0.4, 0.5) is 0 Å². The summed E-state index contributed by atoms with van der Waals surface area (Å²) in [5.74, 6) is 0.543. The molecule has 122 valence electrons. The predicted octanol–water partition coefficient (Wildman–Crippen LogP) is 1.45. The molecule has 0 spiro atoms. The Hall–Kier alpha value is -2.37. The third-order valence-corrected chi connectivity index (χ3v) is 4.54. The molecule has 0 aliphatic carbocycles. The lowest BCUT2D eigenvalue weighted by Gasteiger charge is -2.35. The molecule has 0 atom stereocenters. The van der Waals surface area contributed by atoms with E-state index >= 15 is 0 Å². The van der Waals surface area contributed by atoms with Gasteiger partial charge in [0.25, 0.3) is 5.91 Å². The highest BCUT2D eigenvalue weighted by Crippen LogP contribution is 2.24. The number of carbonyl (C=O) groups excluding carboxylic acids is 3. The first-order valence-corrected chi connectivity index (χ1v) is 7.88. The van der Waals surface area contributed by atoms with Crippen molar-refractivity contribution in [2.75, 3.05) is 20.2 Å². The van der Waals surface area contributed by atoms with Crippen LogP contribution < -0.4 is 4.74 Å². The van der Waals surface area contributed by atoms with Gasteiger partial charge in [-0.25, -0.2) is 0 Å². The van der Waals surface area contributed by atoms with E-state index < -0.39 is 0 Å². The summed E-state index contributed by atoms with van der Waals surface area (Å²) in [6.45, 7) is 1.12. The zero-order valence-corrected chi connectivity index (χ0v) is 13.2. The van der Waals surface area contributed by atoms with Crippen molar-refractivity contribution in [2.45, 2.75) is 31.7 Å². The Bertz CT molecular complexity index is 602. The summed E-state index contributed by atoms with van der Waals surface area (Å²) in [7, 11) is 1.59. The van der Waals surface area contributed by atoms with E-state index in [1.165, 1.54) is 4.90 Å². The van der Waals surface area contributed by atoms with Crippen LogP contribution in [0.2, 0.25) is 0 Å². The number of rotatable bonds is 3. The minimum absolute atomic E-state index is 0.0230. The monoisotopic (exact) mass is 316 g/mol. The van der Waals surface area contributed by atoms with Crippen LogP contribution in [-0.4, -0.2) is 53.8 Å². The van der Waals surface area contributed by atoms with E-state index in [9.17, 15) is 14.4 Å². The van der Waals surface area contributed by atoms with E-state index in [-0.39, 0.29) is 23.8 Å². The van der Waals surface area contributed by atoms with E-state index in [0.717, 1.165) is 0 Å². The molecule has 0 bridgehead atoms. The van der Waals surface area contributed by atoms with Gasteiger partial charge in [-0.1, -0.05) is 0 Å². The summed E-state index contributed by atoms with van der Waals surface area (Å²) in [6, 6.07) is 6.97. The maximum atomic E-state index is 12.5. The Morgan fingerprint density at radius 1 is 1.04 bits per heavy atom. The lowest BCUT2D eigenvalue weighted by molar-refractivity contribution is -0.141.